The number of likely N-dealkylation sites (N-methyl/N-ethyl adjacent to an activating group) is 1. The van der Waals surface area contributed by atoms with E-state index in [1.807, 2.05) is 54.6 Å². The van der Waals surface area contributed by atoms with Gasteiger partial charge in [-0.3, -0.25) is 9.69 Å². The van der Waals surface area contributed by atoms with E-state index in [9.17, 15) is 4.79 Å². The summed E-state index contributed by atoms with van der Waals surface area (Å²) in [5.74, 6) is -0.111. The first-order chi connectivity index (χ1) is 10.7. The molecule has 2 rings (SSSR count). The number of nitrogens with zero attached hydrogens (tertiary/aromatic N) is 1. The highest BCUT2D eigenvalue weighted by molar-refractivity contribution is 6.04. The van der Waals surface area contributed by atoms with Crippen LogP contribution in [0.5, 0.6) is 0 Å². The van der Waals surface area contributed by atoms with Crippen molar-refractivity contribution in [2.75, 3.05) is 25.0 Å². The van der Waals surface area contributed by atoms with E-state index >= 15 is 0 Å². The smallest absolute Gasteiger partial charge is 0.255 e. The number of hydrogen-bond acceptors (Lipinski definition) is 3. The lowest BCUT2D eigenvalue weighted by Gasteiger charge is -2.19. The Bertz CT molecular complexity index is 582. The lowest BCUT2D eigenvalue weighted by atomic mass is 10.1. The van der Waals surface area contributed by atoms with E-state index in [-0.39, 0.29) is 12.5 Å². The number of para-hydroxylation sites is 1. The van der Waals surface area contributed by atoms with Gasteiger partial charge < -0.3 is 10.4 Å². The van der Waals surface area contributed by atoms with E-state index in [4.69, 9.17) is 5.11 Å². The first-order valence-corrected chi connectivity index (χ1v) is 7.51. The Morgan fingerprint density at radius 2 is 1.77 bits per heavy atom. The molecule has 2 aromatic carbocycles. The second-order valence-electron chi connectivity index (χ2n) is 5.11. The predicted octanol–water partition coefficient (Wildman–Crippen LogP) is 2.75. The van der Waals surface area contributed by atoms with Gasteiger partial charge in [-0.1, -0.05) is 37.3 Å². The number of amides is 1. The predicted molar refractivity (Wildman–Crippen MR) is 88.9 cm³/mol. The van der Waals surface area contributed by atoms with Gasteiger partial charge in [0.15, 0.2) is 0 Å². The molecule has 0 bridgehead atoms. The zero-order valence-electron chi connectivity index (χ0n) is 12.8. The van der Waals surface area contributed by atoms with Crippen LogP contribution in [0, 0.1) is 0 Å². The molecule has 0 unspecified atom stereocenters. The van der Waals surface area contributed by atoms with Gasteiger partial charge in [0.25, 0.3) is 5.91 Å². The van der Waals surface area contributed by atoms with Crippen molar-refractivity contribution in [1.82, 2.24) is 4.90 Å². The standard InChI is InChI=1S/C18H22N2O2/c1-2-20(12-13-21)14-15-8-10-16(11-9-15)18(22)19-17-6-4-3-5-7-17/h3-11,21H,2,12-14H2,1H3,(H,19,22). The van der Waals surface area contributed by atoms with E-state index in [0.717, 1.165) is 24.3 Å². The highest BCUT2D eigenvalue weighted by Crippen LogP contribution is 2.11. The molecule has 0 saturated heterocycles. The number of carbonyl (C=O) groups excluding carboxylic acids is 1. The topological polar surface area (TPSA) is 52.6 Å². The summed E-state index contributed by atoms with van der Waals surface area (Å²) in [6.45, 7) is 4.55. The van der Waals surface area contributed by atoms with E-state index in [1.54, 1.807) is 0 Å². The van der Waals surface area contributed by atoms with Crippen molar-refractivity contribution in [1.29, 1.82) is 0 Å². The molecule has 2 aromatic rings. The van der Waals surface area contributed by atoms with Crippen molar-refractivity contribution in [2.45, 2.75) is 13.5 Å². The summed E-state index contributed by atoms with van der Waals surface area (Å²) in [6.07, 6.45) is 0. The lowest BCUT2D eigenvalue weighted by molar-refractivity contribution is 0.102. The number of benzene rings is 2. The third kappa shape index (κ3) is 4.69. The molecule has 0 radical (unpaired) electrons. The molecule has 0 aliphatic rings. The van der Waals surface area contributed by atoms with Crippen LogP contribution in [-0.4, -0.2) is 35.6 Å². The van der Waals surface area contributed by atoms with E-state index in [1.165, 1.54) is 0 Å². The maximum Gasteiger partial charge on any atom is 0.255 e. The lowest BCUT2D eigenvalue weighted by Crippen LogP contribution is -2.26. The van der Waals surface area contributed by atoms with Gasteiger partial charge in [-0.2, -0.15) is 0 Å². The van der Waals surface area contributed by atoms with Crippen LogP contribution in [0.1, 0.15) is 22.8 Å². The number of hydrogen-bond donors (Lipinski definition) is 2. The summed E-state index contributed by atoms with van der Waals surface area (Å²) in [5, 5.41) is 11.9. The van der Waals surface area contributed by atoms with Gasteiger partial charge in [0.1, 0.15) is 0 Å². The minimum absolute atomic E-state index is 0.111. The van der Waals surface area contributed by atoms with Crippen molar-refractivity contribution >= 4 is 11.6 Å². The van der Waals surface area contributed by atoms with Gasteiger partial charge in [-0.15, -0.1) is 0 Å². The fourth-order valence-electron chi connectivity index (χ4n) is 2.23. The van der Waals surface area contributed by atoms with Gasteiger partial charge in [-0.25, -0.2) is 0 Å². The molecule has 1 amide bonds. The summed E-state index contributed by atoms with van der Waals surface area (Å²) < 4.78 is 0. The minimum atomic E-state index is -0.111. The molecule has 4 nitrogen and oxygen atoms in total. The quantitative estimate of drug-likeness (QED) is 0.826. The van der Waals surface area contributed by atoms with Crippen molar-refractivity contribution < 1.29 is 9.90 Å². The molecule has 0 aromatic heterocycles. The van der Waals surface area contributed by atoms with Crippen LogP contribution in [0.2, 0.25) is 0 Å². The van der Waals surface area contributed by atoms with Crippen LogP contribution in [0.15, 0.2) is 54.6 Å². The molecular weight excluding hydrogens is 276 g/mol. The average Bonchev–Trinajstić information content (AvgIpc) is 2.56. The van der Waals surface area contributed by atoms with Crippen LogP contribution < -0.4 is 5.32 Å². The second-order valence-corrected chi connectivity index (χ2v) is 5.11. The van der Waals surface area contributed by atoms with E-state index < -0.39 is 0 Å². The largest absolute Gasteiger partial charge is 0.395 e. The van der Waals surface area contributed by atoms with Crippen molar-refractivity contribution in [2.24, 2.45) is 0 Å². The summed E-state index contributed by atoms with van der Waals surface area (Å²) in [4.78, 5) is 14.3. The fraction of sp³-hybridized carbons (Fsp3) is 0.278. The molecule has 2 N–H and O–H groups in total. The Hall–Kier alpha value is -2.17. The molecule has 0 aliphatic heterocycles. The van der Waals surface area contributed by atoms with Crippen molar-refractivity contribution in [3.05, 3.63) is 65.7 Å². The number of carbonyl (C=O) groups is 1. The summed E-state index contributed by atoms with van der Waals surface area (Å²) in [7, 11) is 0. The number of aliphatic hydroxyl groups is 1. The molecule has 22 heavy (non-hydrogen) atoms. The van der Waals surface area contributed by atoms with Crippen LogP contribution in [-0.2, 0) is 6.54 Å². The molecule has 0 atom stereocenters. The molecule has 0 heterocycles. The number of anilines is 1. The van der Waals surface area contributed by atoms with Crippen LogP contribution in [0.3, 0.4) is 0 Å². The third-order valence-electron chi connectivity index (χ3n) is 3.52. The molecule has 4 heteroatoms. The molecule has 116 valence electrons. The van der Waals surface area contributed by atoms with Gasteiger partial charge in [-0.05, 0) is 36.4 Å². The van der Waals surface area contributed by atoms with Crippen LogP contribution in [0.25, 0.3) is 0 Å². The maximum absolute atomic E-state index is 12.2. The average molecular weight is 298 g/mol. The maximum atomic E-state index is 12.2. The van der Waals surface area contributed by atoms with Crippen molar-refractivity contribution in [3.63, 3.8) is 0 Å². The Labute approximate surface area is 131 Å². The summed E-state index contributed by atoms with van der Waals surface area (Å²) in [5.41, 5.74) is 2.56. The monoisotopic (exact) mass is 298 g/mol. The van der Waals surface area contributed by atoms with E-state index in [0.29, 0.717) is 12.1 Å². The minimum Gasteiger partial charge on any atom is -0.395 e. The zero-order valence-corrected chi connectivity index (χ0v) is 12.8. The Morgan fingerprint density at radius 3 is 2.36 bits per heavy atom. The molecule has 0 fully saturated rings. The highest BCUT2D eigenvalue weighted by atomic mass is 16.3. The normalized spacial score (nSPS) is 10.7. The van der Waals surface area contributed by atoms with Crippen LogP contribution in [0.4, 0.5) is 5.69 Å². The highest BCUT2D eigenvalue weighted by Gasteiger charge is 2.07. The first-order valence-electron chi connectivity index (χ1n) is 7.51. The SMILES string of the molecule is CCN(CCO)Cc1ccc(C(=O)Nc2ccccc2)cc1. The Kier molecular flexibility index (Phi) is 6.13. The molecule has 0 saturated carbocycles. The first kappa shape index (κ1) is 16.2. The van der Waals surface area contributed by atoms with Gasteiger partial charge in [0, 0.05) is 24.3 Å². The van der Waals surface area contributed by atoms with Crippen molar-refractivity contribution in [3.8, 4) is 0 Å². The summed E-state index contributed by atoms with van der Waals surface area (Å²) >= 11 is 0. The molecule has 0 aliphatic carbocycles. The number of nitrogens with one attached hydrogen (secondary N) is 1. The summed E-state index contributed by atoms with van der Waals surface area (Å²) in [6, 6.07) is 17.0. The fourth-order valence-corrected chi connectivity index (χ4v) is 2.23. The van der Waals surface area contributed by atoms with E-state index in [2.05, 4.69) is 17.1 Å². The third-order valence-corrected chi connectivity index (χ3v) is 3.52. The van der Waals surface area contributed by atoms with Gasteiger partial charge >= 0.3 is 0 Å². The number of aliphatic hydroxyl groups excluding tert-OH is 1. The van der Waals surface area contributed by atoms with Crippen LogP contribution >= 0.6 is 0 Å². The Morgan fingerprint density at radius 1 is 1.09 bits per heavy atom. The van der Waals surface area contributed by atoms with Gasteiger partial charge in [0.05, 0.1) is 6.61 Å². The number of rotatable bonds is 7. The molecule has 0 spiro atoms. The van der Waals surface area contributed by atoms with Gasteiger partial charge in [0.2, 0.25) is 0 Å². The molecular formula is C18H22N2O2. The zero-order chi connectivity index (χ0) is 15.8. The second kappa shape index (κ2) is 8.32. The Balaban J connectivity index is 1.97.